The van der Waals surface area contributed by atoms with Crippen molar-refractivity contribution in [1.82, 2.24) is 4.98 Å². The lowest BCUT2D eigenvalue weighted by Crippen LogP contribution is -2.29. The van der Waals surface area contributed by atoms with Crippen molar-refractivity contribution in [2.45, 2.75) is 26.7 Å². The van der Waals surface area contributed by atoms with E-state index >= 15 is 0 Å². The van der Waals surface area contributed by atoms with E-state index in [1.165, 1.54) is 0 Å². The summed E-state index contributed by atoms with van der Waals surface area (Å²) < 4.78 is 0. The number of aryl methyl sites for hydroxylation is 1. The van der Waals surface area contributed by atoms with Crippen LogP contribution in [0.2, 0.25) is 0 Å². The fraction of sp³-hybridized carbons (Fsp3) is 0.583. The molecule has 1 aromatic rings. The number of aromatic nitrogens is 1. The highest BCUT2D eigenvalue weighted by Crippen LogP contribution is 2.21. The summed E-state index contributed by atoms with van der Waals surface area (Å²) in [5, 5.41) is 9.03. The summed E-state index contributed by atoms with van der Waals surface area (Å²) in [4.78, 5) is 6.38. The van der Waals surface area contributed by atoms with E-state index in [-0.39, 0.29) is 6.61 Å². The molecule has 0 radical (unpaired) electrons. The van der Waals surface area contributed by atoms with Gasteiger partial charge in [0.1, 0.15) is 0 Å². The Morgan fingerprint density at radius 2 is 2.19 bits per heavy atom. The van der Waals surface area contributed by atoms with E-state index in [2.05, 4.69) is 11.9 Å². The number of nitrogens with two attached hydrogens (primary N) is 1. The molecule has 0 amide bonds. The molecule has 90 valence electrons. The number of aliphatic hydroxyl groups is 1. The van der Waals surface area contributed by atoms with Crippen LogP contribution in [-0.2, 0) is 0 Å². The molecule has 0 atom stereocenters. The van der Waals surface area contributed by atoms with Crippen molar-refractivity contribution in [2.75, 3.05) is 30.3 Å². The standard InChI is InChI=1S/C12H21N3O/c1-3-4-5-15(6-7-16)12-11(13)8-10(2)9-14-12/h8-9,16H,3-7,13H2,1-2H3. The summed E-state index contributed by atoms with van der Waals surface area (Å²) in [5.74, 6) is 0.785. The fourth-order valence-electron chi connectivity index (χ4n) is 1.64. The Morgan fingerprint density at radius 3 is 2.75 bits per heavy atom. The van der Waals surface area contributed by atoms with Gasteiger partial charge >= 0.3 is 0 Å². The molecule has 0 spiro atoms. The van der Waals surface area contributed by atoms with Gasteiger partial charge in [-0.15, -0.1) is 0 Å². The number of nitrogens with zero attached hydrogens (tertiary/aromatic N) is 2. The summed E-state index contributed by atoms with van der Waals surface area (Å²) >= 11 is 0. The van der Waals surface area contributed by atoms with Crippen LogP contribution in [0.1, 0.15) is 25.3 Å². The third kappa shape index (κ3) is 3.38. The monoisotopic (exact) mass is 223 g/mol. The van der Waals surface area contributed by atoms with Crippen LogP contribution >= 0.6 is 0 Å². The quantitative estimate of drug-likeness (QED) is 0.768. The van der Waals surface area contributed by atoms with E-state index in [0.717, 1.165) is 30.8 Å². The number of pyridine rings is 1. The van der Waals surface area contributed by atoms with Crippen LogP contribution in [0.25, 0.3) is 0 Å². The second kappa shape index (κ2) is 6.33. The molecule has 4 nitrogen and oxygen atoms in total. The predicted octanol–water partition coefficient (Wildman–Crippen LogP) is 1.57. The Morgan fingerprint density at radius 1 is 1.44 bits per heavy atom. The zero-order valence-corrected chi connectivity index (χ0v) is 10.1. The van der Waals surface area contributed by atoms with E-state index in [4.69, 9.17) is 10.8 Å². The van der Waals surface area contributed by atoms with Gasteiger partial charge < -0.3 is 15.7 Å². The van der Waals surface area contributed by atoms with Gasteiger partial charge in [0, 0.05) is 19.3 Å². The summed E-state index contributed by atoms with van der Waals surface area (Å²) in [6.07, 6.45) is 4.00. The molecule has 4 heteroatoms. The Labute approximate surface area is 97.1 Å². The van der Waals surface area contributed by atoms with Crippen molar-refractivity contribution in [3.8, 4) is 0 Å². The lowest BCUT2D eigenvalue weighted by atomic mass is 10.2. The minimum absolute atomic E-state index is 0.124. The third-order valence-corrected chi connectivity index (χ3v) is 2.48. The van der Waals surface area contributed by atoms with E-state index in [1.807, 2.05) is 24.1 Å². The first kappa shape index (κ1) is 12.8. The molecule has 16 heavy (non-hydrogen) atoms. The zero-order valence-electron chi connectivity index (χ0n) is 10.1. The summed E-state index contributed by atoms with van der Waals surface area (Å²) in [6.45, 7) is 5.70. The van der Waals surface area contributed by atoms with Gasteiger partial charge in [-0.2, -0.15) is 0 Å². The second-order valence-electron chi connectivity index (χ2n) is 3.99. The highest BCUT2D eigenvalue weighted by molar-refractivity contribution is 5.63. The van der Waals surface area contributed by atoms with E-state index in [9.17, 15) is 0 Å². The van der Waals surface area contributed by atoms with Crippen molar-refractivity contribution < 1.29 is 5.11 Å². The van der Waals surface area contributed by atoms with Crippen molar-refractivity contribution in [3.63, 3.8) is 0 Å². The first-order valence-corrected chi connectivity index (χ1v) is 5.77. The van der Waals surface area contributed by atoms with Crippen molar-refractivity contribution in [2.24, 2.45) is 0 Å². The summed E-state index contributed by atoms with van der Waals surface area (Å²) in [6, 6.07) is 1.92. The van der Waals surface area contributed by atoms with Crippen LogP contribution < -0.4 is 10.6 Å². The number of anilines is 2. The van der Waals surface area contributed by atoms with Crippen LogP contribution in [0.4, 0.5) is 11.5 Å². The van der Waals surface area contributed by atoms with E-state index < -0.39 is 0 Å². The van der Waals surface area contributed by atoms with Gasteiger partial charge in [0.25, 0.3) is 0 Å². The van der Waals surface area contributed by atoms with Crippen LogP contribution in [0, 0.1) is 6.92 Å². The van der Waals surface area contributed by atoms with Gasteiger partial charge in [-0.25, -0.2) is 4.98 Å². The van der Waals surface area contributed by atoms with Crippen molar-refractivity contribution in [3.05, 3.63) is 17.8 Å². The fourth-order valence-corrected chi connectivity index (χ4v) is 1.64. The van der Waals surface area contributed by atoms with Crippen LogP contribution in [-0.4, -0.2) is 29.8 Å². The normalized spacial score (nSPS) is 10.4. The number of rotatable bonds is 6. The first-order valence-electron chi connectivity index (χ1n) is 5.77. The largest absolute Gasteiger partial charge is 0.396 e. The lowest BCUT2D eigenvalue weighted by molar-refractivity contribution is 0.301. The predicted molar refractivity (Wildman–Crippen MR) is 67.6 cm³/mol. The van der Waals surface area contributed by atoms with Crippen LogP contribution in [0.5, 0.6) is 0 Å². The molecule has 1 aromatic heterocycles. The topological polar surface area (TPSA) is 62.4 Å². The summed E-state index contributed by atoms with van der Waals surface area (Å²) in [5.41, 5.74) is 7.68. The number of hydrogen-bond acceptors (Lipinski definition) is 4. The van der Waals surface area contributed by atoms with Crippen LogP contribution in [0.3, 0.4) is 0 Å². The van der Waals surface area contributed by atoms with Gasteiger partial charge in [0.05, 0.1) is 12.3 Å². The molecule has 1 heterocycles. The molecule has 0 unspecified atom stereocenters. The molecule has 0 fully saturated rings. The molecule has 0 saturated carbocycles. The maximum atomic E-state index is 9.03. The van der Waals surface area contributed by atoms with Gasteiger partial charge in [-0.3, -0.25) is 0 Å². The number of unbranched alkanes of at least 4 members (excludes halogenated alkanes) is 1. The minimum Gasteiger partial charge on any atom is -0.396 e. The minimum atomic E-state index is 0.124. The first-order chi connectivity index (χ1) is 7.69. The lowest BCUT2D eigenvalue weighted by Gasteiger charge is -2.24. The van der Waals surface area contributed by atoms with Gasteiger partial charge in [0.15, 0.2) is 5.82 Å². The Bertz CT molecular complexity index is 328. The van der Waals surface area contributed by atoms with Gasteiger partial charge in [0.2, 0.25) is 0 Å². The average molecular weight is 223 g/mol. The Balaban J connectivity index is 2.82. The molecular formula is C12H21N3O. The van der Waals surface area contributed by atoms with Gasteiger partial charge in [-0.05, 0) is 25.0 Å². The molecule has 3 N–H and O–H groups in total. The van der Waals surface area contributed by atoms with Gasteiger partial charge in [-0.1, -0.05) is 13.3 Å². The molecule has 0 aliphatic carbocycles. The molecule has 0 aliphatic rings. The molecule has 0 aliphatic heterocycles. The SMILES string of the molecule is CCCCN(CCO)c1ncc(C)cc1N. The maximum absolute atomic E-state index is 9.03. The maximum Gasteiger partial charge on any atom is 0.151 e. The average Bonchev–Trinajstić information content (AvgIpc) is 2.25. The molecular weight excluding hydrogens is 202 g/mol. The third-order valence-electron chi connectivity index (χ3n) is 2.48. The van der Waals surface area contributed by atoms with Crippen LogP contribution in [0.15, 0.2) is 12.3 Å². The van der Waals surface area contributed by atoms with E-state index in [0.29, 0.717) is 12.2 Å². The number of aliphatic hydroxyl groups excluding tert-OH is 1. The smallest absolute Gasteiger partial charge is 0.151 e. The molecule has 0 bridgehead atoms. The van der Waals surface area contributed by atoms with Crippen molar-refractivity contribution in [1.29, 1.82) is 0 Å². The van der Waals surface area contributed by atoms with E-state index in [1.54, 1.807) is 0 Å². The number of nitrogen functional groups attached to an aromatic ring is 1. The molecule has 1 rings (SSSR count). The second-order valence-corrected chi connectivity index (χ2v) is 3.99. The zero-order chi connectivity index (χ0) is 12.0. The number of hydrogen-bond donors (Lipinski definition) is 2. The summed E-state index contributed by atoms with van der Waals surface area (Å²) in [7, 11) is 0. The highest BCUT2D eigenvalue weighted by Gasteiger charge is 2.10. The molecule has 0 saturated heterocycles. The Kier molecular flexibility index (Phi) is 5.05. The van der Waals surface area contributed by atoms with Crippen molar-refractivity contribution >= 4 is 11.5 Å². The molecule has 0 aromatic carbocycles. The highest BCUT2D eigenvalue weighted by atomic mass is 16.3. The Hall–Kier alpha value is -1.29.